The van der Waals surface area contributed by atoms with Gasteiger partial charge in [-0.2, -0.15) is 5.10 Å². The van der Waals surface area contributed by atoms with Gasteiger partial charge in [0.05, 0.1) is 18.0 Å². The van der Waals surface area contributed by atoms with Gasteiger partial charge in [-0.25, -0.2) is 9.97 Å². The second-order valence-corrected chi connectivity index (χ2v) is 6.18. The molecule has 3 aromatic heterocycles. The van der Waals surface area contributed by atoms with E-state index in [4.69, 9.17) is 9.84 Å². The number of anilines is 1. The van der Waals surface area contributed by atoms with Gasteiger partial charge in [0.15, 0.2) is 5.13 Å². The molecule has 0 radical (unpaired) electrons. The van der Waals surface area contributed by atoms with Gasteiger partial charge in [0, 0.05) is 30.6 Å². The highest BCUT2D eigenvalue weighted by Gasteiger charge is 2.17. The van der Waals surface area contributed by atoms with E-state index in [1.807, 2.05) is 13.2 Å². The van der Waals surface area contributed by atoms with Crippen LogP contribution in [-0.4, -0.2) is 44.0 Å². The quantitative estimate of drug-likeness (QED) is 0.688. The molecule has 0 fully saturated rings. The Labute approximate surface area is 147 Å². The number of nitrogens with one attached hydrogen (secondary N) is 1. The summed E-state index contributed by atoms with van der Waals surface area (Å²) in [5, 5.41) is 16.3. The zero-order chi connectivity index (χ0) is 18.0. The van der Waals surface area contributed by atoms with Crippen LogP contribution in [0.25, 0.3) is 21.3 Å². The number of aliphatic hydroxyl groups is 1. The van der Waals surface area contributed by atoms with Gasteiger partial charge in [-0.1, -0.05) is 17.3 Å². The maximum Gasteiger partial charge on any atom is 0.302 e. The first-order chi connectivity index (χ1) is 12.0. The normalized spacial score (nSPS) is 11.7. The summed E-state index contributed by atoms with van der Waals surface area (Å²) in [6.07, 6.45) is 4.42. The summed E-state index contributed by atoms with van der Waals surface area (Å²) in [5.41, 5.74) is 2.28. The van der Waals surface area contributed by atoms with Gasteiger partial charge >= 0.3 is 5.91 Å². The number of aliphatic hydroxyl groups excluding tert-OH is 1. The molecule has 8 nitrogen and oxygen atoms in total. The molecule has 9 heteroatoms. The summed E-state index contributed by atoms with van der Waals surface area (Å²) >= 11 is 1.29. The topological polar surface area (TPSA) is 102 Å². The molecular formula is C16H15N5O3S. The lowest BCUT2D eigenvalue weighted by Crippen LogP contribution is -2.09. The third kappa shape index (κ3) is 3.60. The number of hydrogen-bond acceptors (Lipinski definition) is 7. The van der Waals surface area contributed by atoms with E-state index in [0.717, 1.165) is 15.8 Å². The van der Waals surface area contributed by atoms with Gasteiger partial charge < -0.3 is 9.84 Å². The van der Waals surface area contributed by atoms with Crippen LogP contribution >= 0.6 is 11.3 Å². The third-order valence-electron chi connectivity index (χ3n) is 3.21. The predicted molar refractivity (Wildman–Crippen MR) is 94.3 cm³/mol. The lowest BCUT2D eigenvalue weighted by Gasteiger charge is -2.02. The predicted octanol–water partition coefficient (Wildman–Crippen LogP) is 1.42. The summed E-state index contributed by atoms with van der Waals surface area (Å²) in [5.74, 6) is 4.52. The van der Waals surface area contributed by atoms with Crippen molar-refractivity contribution < 1.29 is 14.6 Å². The van der Waals surface area contributed by atoms with Gasteiger partial charge in [-0.15, -0.1) is 0 Å². The lowest BCUT2D eigenvalue weighted by atomic mass is 10.1. The first kappa shape index (κ1) is 16.9. The van der Waals surface area contributed by atoms with Crippen LogP contribution in [-0.2, 0) is 11.8 Å². The molecule has 0 aliphatic heterocycles. The Bertz CT molecular complexity index is 996. The molecule has 1 amide bonds. The summed E-state index contributed by atoms with van der Waals surface area (Å²) in [6.45, 7) is 1.48. The Morgan fingerprint density at radius 2 is 2.28 bits per heavy atom. The van der Waals surface area contributed by atoms with Crippen molar-refractivity contribution in [2.24, 2.45) is 7.05 Å². The van der Waals surface area contributed by atoms with Crippen LogP contribution in [0.15, 0.2) is 18.6 Å². The second-order valence-electron chi connectivity index (χ2n) is 5.18. The fourth-order valence-electron chi connectivity index (χ4n) is 2.16. The van der Waals surface area contributed by atoms with Crippen LogP contribution in [0.5, 0.6) is 5.88 Å². The van der Waals surface area contributed by atoms with Crippen LogP contribution in [0.3, 0.4) is 0 Å². The lowest BCUT2D eigenvalue weighted by molar-refractivity contribution is -0.111. The van der Waals surface area contributed by atoms with Crippen molar-refractivity contribution in [2.75, 3.05) is 12.4 Å². The van der Waals surface area contributed by atoms with Crippen molar-refractivity contribution in [3.8, 4) is 28.8 Å². The SMILES string of the molecule is COc1ncc(-c2cnn(C)c2)c2sc(NC(=O)C#CC(C)O)nc12. The van der Waals surface area contributed by atoms with Crippen LogP contribution in [0.4, 0.5) is 5.13 Å². The summed E-state index contributed by atoms with van der Waals surface area (Å²) < 4.78 is 7.77. The van der Waals surface area contributed by atoms with E-state index in [1.54, 1.807) is 17.1 Å². The molecule has 3 heterocycles. The van der Waals surface area contributed by atoms with Gasteiger partial charge in [-0.3, -0.25) is 14.8 Å². The number of pyridine rings is 1. The third-order valence-corrected chi connectivity index (χ3v) is 4.21. The fourth-order valence-corrected chi connectivity index (χ4v) is 3.14. The van der Waals surface area contributed by atoms with Crippen molar-refractivity contribution in [2.45, 2.75) is 13.0 Å². The molecule has 1 unspecified atom stereocenters. The minimum absolute atomic E-state index is 0.370. The van der Waals surface area contributed by atoms with Gasteiger partial charge in [-0.05, 0) is 12.8 Å². The molecule has 0 aliphatic rings. The number of ether oxygens (including phenoxy) is 1. The number of thiazole rings is 1. The highest BCUT2D eigenvalue weighted by atomic mass is 32.1. The number of carbonyl (C=O) groups is 1. The molecule has 1 atom stereocenters. The van der Waals surface area contributed by atoms with Crippen LogP contribution in [0.2, 0.25) is 0 Å². The van der Waals surface area contributed by atoms with Gasteiger partial charge in [0.25, 0.3) is 0 Å². The second kappa shape index (κ2) is 6.88. The Hall–Kier alpha value is -2.96. The average molecular weight is 357 g/mol. The van der Waals surface area contributed by atoms with Crippen LogP contribution in [0, 0.1) is 11.8 Å². The molecule has 0 aromatic carbocycles. The number of hydrogen-bond donors (Lipinski definition) is 2. The smallest absolute Gasteiger partial charge is 0.302 e. The largest absolute Gasteiger partial charge is 0.479 e. The molecule has 0 spiro atoms. The van der Waals surface area contributed by atoms with Crippen LogP contribution in [0.1, 0.15) is 6.92 Å². The Morgan fingerprint density at radius 1 is 1.48 bits per heavy atom. The van der Waals surface area contributed by atoms with Gasteiger partial charge in [0.1, 0.15) is 11.6 Å². The van der Waals surface area contributed by atoms with Crippen molar-refractivity contribution in [1.82, 2.24) is 19.7 Å². The van der Waals surface area contributed by atoms with E-state index >= 15 is 0 Å². The minimum Gasteiger partial charge on any atom is -0.479 e. The maximum absolute atomic E-state index is 11.8. The summed E-state index contributed by atoms with van der Waals surface area (Å²) in [6, 6.07) is 0. The van der Waals surface area contributed by atoms with Gasteiger partial charge in [0.2, 0.25) is 5.88 Å². The highest BCUT2D eigenvalue weighted by Crippen LogP contribution is 2.38. The van der Waals surface area contributed by atoms with Crippen molar-refractivity contribution in [3.05, 3.63) is 18.6 Å². The summed E-state index contributed by atoms with van der Waals surface area (Å²) in [4.78, 5) is 20.5. The molecule has 3 aromatic rings. The molecule has 0 saturated carbocycles. The van der Waals surface area contributed by atoms with E-state index in [-0.39, 0.29) is 0 Å². The number of nitrogens with zero attached hydrogens (tertiary/aromatic N) is 4. The fraction of sp³-hybridized carbons (Fsp3) is 0.250. The standard InChI is InChI=1S/C16H15N5O3S/c1-9(22)4-5-12(23)19-16-20-13-14(25-16)11(7-17-15(13)24-3)10-6-18-21(2)8-10/h6-9,22H,1-3H3,(H,19,20,23). The number of rotatable bonds is 3. The molecule has 0 aliphatic carbocycles. The number of methoxy groups -OCH3 is 1. The molecule has 2 N–H and O–H groups in total. The first-order valence-electron chi connectivity index (χ1n) is 7.31. The monoisotopic (exact) mass is 357 g/mol. The molecule has 0 bridgehead atoms. The zero-order valence-electron chi connectivity index (χ0n) is 13.8. The van der Waals surface area contributed by atoms with Crippen molar-refractivity contribution in [3.63, 3.8) is 0 Å². The van der Waals surface area contributed by atoms with Crippen LogP contribution < -0.4 is 10.1 Å². The molecule has 25 heavy (non-hydrogen) atoms. The Balaban J connectivity index is 2.03. The number of aryl methyl sites for hydroxylation is 1. The number of carbonyl (C=O) groups excluding carboxylic acids is 1. The number of aromatic nitrogens is 4. The summed E-state index contributed by atoms with van der Waals surface area (Å²) in [7, 11) is 3.34. The van der Waals surface area contributed by atoms with E-state index < -0.39 is 12.0 Å². The maximum atomic E-state index is 11.8. The average Bonchev–Trinajstić information content (AvgIpc) is 3.18. The van der Waals surface area contributed by atoms with E-state index in [0.29, 0.717) is 16.5 Å². The highest BCUT2D eigenvalue weighted by molar-refractivity contribution is 7.23. The molecule has 0 saturated heterocycles. The molecule has 128 valence electrons. The number of amides is 1. The Morgan fingerprint density at radius 3 is 2.92 bits per heavy atom. The van der Waals surface area contributed by atoms with Crippen molar-refractivity contribution in [1.29, 1.82) is 0 Å². The van der Waals surface area contributed by atoms with E-state index in [2.05, 4.69) is 32.2 Å². The number of fused-ring (bicyclic) bond motifs is 1. The molecular weight excluding hydrogens is 342 g/mol. The molecule has 3 rings (SSSR count). The first-order valence-corrected chi connectivity index (χ1v) is 8.12. The Kier molecular flexibility index (Phi) is 4.65. The zero-order valence-corrected chi connectivity index (χ0v) is 14.6. The van der Waals surface area contributed by atoms with E-state index in [9.17, 15) is 4.79 Å². The van der Waals surface area contributed by atoms with Crippen molar-refractivity contribution >= 4 is 32.6 Å². The minimum atomic E-state index is -0.873. The van der Waals surface area contributed by atoms with E-state index in [1.165, 1.54) is 25.4 Å².